The second kappa shape index (κ2) is 3.80. The maximum absolute atomic E-state index is 10.3. The minimum atomic E-state index is -0.644. The van der Waals surface area contributed by atoms with Gasteiger partial charge in [0, 0.05) is 10.6 Å². The predicted molar refractivity (Wildman–Crippen MR) is 47.5 cm³/mol. The fourth-order valence-electron chi connectivity index (χ4n) is 0.700. The average Bonchev–Trinajstić information content (AvgIpc) is 2.01. The van der Waals surface area contributed by atoms with E-state index in [4.69, 9.17) is 17.3 Å². The Morgan fingerprint density at radius 3 is 2.83 bits per heavy atom. The first kappa shape index (κ1) is 8.63. The number of rotatable bonds is 0. The lowest BCUT2D eigenvalue weighted by atomic mass is 10.2. The molecule has 3 heteroatoms. The molecule has 0 spiro atoms. The van der Waals surface area contributed by atoms with Gasteiger partial charge in [0.2, 0.25) is 0 Å². The minimum Gasteiger partial charge on any atom is -0.359 e. The molecule has 2 N–H and O–H groups in total. The van der Waals surface area contributed by atoms with Gasteiger partial charge in [-0.3, -0.25) is 4.79 Å². The standard InChI is InChI=1S/C9H6ClNO/c10-8-3-1-2-7(6-8)4-5-9(11)12/h1-3,6H,(H2,11,12). The highest BCUT2D eigenvalue weighted by Gasteiger charge is 1.88. The summed E-state index contributed by atoms with van der Waals surface area (Å²) in [5.74, 6) is 4.15. The van der Waals surface area contributed by atoms with Gasteiger partial charge in [0.25, 0.3) is 5.91 Å². The summed E-state index contributed by atoms with van der Waals surface area (Å²) in [6.07, 6.45) is 0. The van der Waals surface area contributed by atoms with Crippen LogP contribution in [0.5, 0.6) is 0 Å². The molecule has 2 nitrogen and oxygen atoms in total. The lowest BCUT2D eigenvalue weighted by molar-refractivity contribution is -0.112. The van der Waals surface area contributed by atoms with E-state index in [-0.39, 0.29) is 0 Å². The van der Waals surface area contributed by atoms with Gasteiger partial charge in [0.05, 0.1) is 0 Å². The molecule has 1 aromatic carbocycles. The van der Waals surface area contributed by atoms with Crippen LogP contribution in [0, 0.1) is 11.8 Å². The van der Waals surface area contributed by atoms with Crippen LogP contribution >= 0.6 is 11.6 Å². The lowest BCUT2D eigenvalue weighted by Crippen LogP contribution is -2.06. The van der Waals surface area contributed by atoms with E-state index in [1.807, 2.05) is 0 Å². The van der Waals surface area contributed by atoms with Gasteiger partial charge in [-0.1, -0.05) is 23.6 Å². The summed E-state index contributed by atoms with van der Waals surface area (Å²) < 4.78 is 0. The largest absolute Gasteiger partial charge is 0.359 e. The second-order valence-electron chi connectivity index (χ2n) is 2.12. The molecule has 0 aliphatic carbocycles. The molecule has 0 aromatic heterocycles. The van der Waals surface area contributed by atoms with E-state index < -0.39 is 5.91 Å². The molecule has 1 rings (SSSR count). The number of hydrogen-bond donors (Lipinski definition) is 1. The van der Waals surface area contributed by atoms with Crippen LogP contribution in [0.3, 0.4) is 0 Å². The molecule has 0 aliphatic heterocycles. The highest BCUT2D eigenvalue weighted by molar-refractivity contribution is 6.30. The first-order valence-corrected chi connectivity index (χ1v) is 3.63. The molecular formula is C9H6ClNO. The van der Waals surface area contributed by atoms with Crippen molar-refractivity contribution in [2.24, 2.45) is 5.73 Å². The van der Waals surface area contributed by atoms with Crippen LogP contribution in [-0.4, -0.2) is 5.91 Å². The van der Waals surface area contributed by atoms with Crippen molar-refractivity contribution in [1.29, 1.82) is 0 Å². The van der Waals surface area contributed by atoms with E-state index in [0.29, 0.717) is 10.6 Å². The topological polar surface area (TPSA) is 43.1 Å². The number of hydrogen-bond acceptors (Lipinski definition) is 1. The number of nitrogens with two attached hydrogens (primary N) is 1. The van der Waals surface area contributed by atoms with Crippen LogP contribution in [0.1, 0.15) is 5.56 Å². The molecule has 0 heterocycles. The summed E-state index contributed by atoms with van der Waals surface area (Å²) in [4.78, 5) is 10.3. The van der Waals surface area contributed by atoms with Gasteiger partial charge in [-0.05, 0) is 24.1 Å². The lowest BCUT2D eigenvalue weighted by Gasteiger charge is -1.89. The van der Waals surface area contributed by atoms with Gasteiger partial charge in [0.1, 0.15) is 0 Å². The average molecular weight is 180 g/mol. The van der Waals surface area contributed by atoms with Crippen molar-refractivity contribution in [2.45, 2.75) is 0 Å². The van der Waals surface area contributed by atoms with Crippen LogP contribution < -0.4 is 5.73 Å². The fourth-order valence-corrected chi connectivity index (χ4v) is 0.890. The van der Waals surface area contributed by atoms with E-state index in [2.05, 4.69) is 11.8 Å². The van der Waals surface area contributed by atoms with Crippen molar-refractivity contribution in [1.82, 2.24) is 0 Å². The summed E-state index contributed by atoms with van der Waals surface area (Å²) >= 11 is 5.68. The Hall–Kier alpha value is -1.46. The van der Waals surface area contributed by atoms with Crippen molar-refractivity contribution in [3.8, 4) is 11.8 Å². The molecule has 0 saturated carbocycles. The first-order chi connectivity index (χ1) is 5.68. The van der Waals surface area contributed by atoms with E-state index in [1.54, 1.807) is 24.3 Å². The zero-order valence-corrected chi connectivity index (χ0v) is 6.93. The van der Waals surface area contributed by atoms with Gasteiger partial charge in [-0.15, -0.1) is 0 Å². The quantitative estimate of drug-likeness (QED) is 0.597. The number of benzene rings is 1. The van der Waals surface area contributed by atoms with Gasteiger partial charge in [-0.25, -0.2) is 0 Å². The van der Waals surface area contributed by atoms with Gasteiger partial charge >= 0.3 is 0 Å². The number of carbonyl (C=O) groups is 1. The third-order valence-corrected chi connectivity index (χ3v) is 1.39. The summed E-state index contributed by atoms with van der Waals surface area (Å²) in [6, 6.07) is 6.91. The highest BCUT2D eigenvalue weighted by atomic mass is 35.5. The fraction of sp³-hybridized carbons (Fsp3) is 0. The molecule has 1 amide bonds. The maximum Gasteiger partial charge on any atom is 0.293 e. The molecule has 0 saturated heterocycles. The van der Waals surface area contributed by atoms with Crippen LogP contribution in [0.15, 0.2) is 24.3 Å². The van der Waals surface area contributed by atoms with Crippen molar-refractivity contribution < 1.29 is 4.79 Å². The molecule has 0 bridgehead atoms. The first-order valence-electron chi connectivity index (χ1n) is 3.25. The smallest absolute Gasteiger partial charge is 0.293 e. The summed E-state index contributed by atoms with van der Waals surface area (Å²) in [5.41, 5.74) is 5.51. The SMILES string of the molecule is NC(=O)C#Cc1cccc(Cl)c1. The summed E-state index contributed by atoms with van der Waals surface area (Å²) in [7, 11) is 0. The van der Waals surface area contributed by atoms with Crippen LogP contribution in [-0.2, 0) is 4.79 Å². The van der Waals surface area contributed by atoms with E-state index in [0.717, 1.165) is 0 Å². The van der Waals surface area contributed by atoms with Crippen molar-refractivity contribution in [3.05, 3.63) is 34.9 Å². The Labute approximate surface area is 75.3 Å². The van der Waals surface area contributed by atoms with Crippen molar-refractivity contribution in [2.75, 3.05) is 0 Å². The monoisotopic (exact) mass is 179 g/mol. The molecular weight excluding hydrogens is 174 g/mol. The Bertz CT molecular complexity index is 362. The van der Waals surface area contributed by atoms with Crippen molar-refractivity contribution in [3.63, 3.8) is 0 Å². The minimum absolute atomic E-state index is 0.589. The van der Waals surface area contributed by atoms with Crippen LogP contribution in [0.2, 0.25) is 5.02 Å². The number of halogens is 1. The maximum atomic E-state index is 10.3. The van der Waals surface area contributed by atoms with Gasteiger partial charge in [-0.2, -0.15) is 0 Å². The molecule has 60 valence electrons. The normalized spacial score (nSPS) is 8.42. The van der Waals surface area contributed by atoms with Crippen LogP contribution in [0.25, 0.3) is 0 Å². The molecule has 0 aliphatic rings. The predicted octanol–water partition coefficient (Wildman–Crippen LogP) is 1.18. The molecule has 12 heavy (non-hydrogen) atoms. The van der Waals surface area contributed by atoms with E-state index in [1.165, 1.54) is 0 Å². The Morgan fingerprint density at radius 2 is 2.25 bits per heavy atom. The van der Waals surface area contributed by atoms with E-state index in [9.17, 15) is 4.79 Å². The Kier molecular flexibility index (Phi) is 2.73. The zero-order valence-electron chi connectivity index (χ0n) is 6.17. The van der Waals surface area contributed by atoms with Gasteiger partial charge in [0.15, 0.2) is 0 Å². The van der Waals surface area contributed by atoms with Crippen LogP contribution in [0.4, 0.5) is 0 Å². The highest BCUT2D eigenvalue weighted by Crippen LogP contribution is 2.08. The van der Waals surface area contributed by atoms with Gasteiger partial charge < -0.3 is 5.73 Å². The molecule has 0 unspecified atom stereocenters. The van der Waals surface area contributed by atoms with Crippen molar-refractivity contribution >= 4 is 17.5 Å². The zero-order chi connectivity index (χ0) is 8.97. The molecule has 0 radical (unpaired) electrons. The Balaban J connectivity index is 2.92. The molecule has 0 atom stereocenters. The third-order valence-electron chi connectivity index (χ3n) is 1.15. The molecule has 1 aromatic rings. The number of carbonyl (C=O) groups excluding carboxylic acids is 1. The second-order valence-corrected chi connectivity index (χ2v) is 2.56. The number of primary amides is 1. The summed E-state index contributed by atoms with van der Waals surface area (Å²) in [6.45, 7) is 0. The third kappa shape index (κ3) is 2.65. The molecule has 0 fully saturated rings. The Morgan fingerprint density at radius 1 is 1.50 bits per heavy atom. The van der Waals surface area contributed by atoms with E-state index >= 15 is 0 Å². The summed E-state index contributed by atoms with van der Waals surface area (Å²) in [5, 5.41) is 0.589. The number of amides is 1.